The Bertz CT molecular complexity index is 1190. The molecular weight excluding hydrogens is 384 g/mol. The van der Waals surface area contributed by atoms with Crippen LogP contribution in [-0.2, 0) is 15.1 Å². The van der Waals surface area contributed by atoms with Crippen molar-refractivity contribution in [3.05, 3.63) is 82.4 Å². The summed E-state index contributed by atoms with van der Waals surface area (Å²) in [6.07, 6.45) is 3.01. The van der Waals surface area contributed by atoms with Gasteiger partial charge in [0.1, 0.15) is 23.9 Å². The molecule has 2 aromatic heterocycles. The molecule has 0 bridgehead atoms. The van der Waals surface area contributed by atoms with E-state index in [-0.39, 0.29) is 30.5 Å². The molecule has 2 aliphatic rings. The van der Waals surface area contributed by atoms with Gasteiger partial charge < -0.3 is 15.0 Å². The van der Waals surface area contributed by atoms with E-state index in [1.807, 2.05) is 30.3 Å². The van der Waals surface area contributed by atoms with Crippen LogP contribution in [0.3, 0.4) is 0 Å². The van der Waals surface area contributed by atoms with Crippen LogP contribution in [0.4, 0.5) is 0 Å². The molecule has 0 radical (unpaired) electrons. The number of amides is 2. The minimum absolute atomic E-state index is 0.0192. The number of nitrogens with one attached hydrogen (secondary N) is 1. The lowest BCUT2D eigenvalue weighted by Crippen LogP contribution is -2.67. The minimum atomic E-state index is -0.690. The quantitative estimate of drug-likeness (QED) is 0.687. The van der Waals surface area contributed by atoms with Crippen LogP contribution < -0.4 is 10.9 Å². The van der Waals surface area contributed by atoms with Crippen LogP contribution in [0.15, 0.2) is 65.7 Å². The van der Waals surface area contributed by atoms with Gasteiger partial charge in [-0.05, 0) is 24.1 Å². The molecule has 5 rings (SSSR count). The predicted molar refractivity (Wildman–Crippen MR) is 108 cm³/mol. The molecule has 2 amide bonds. The number of piperidine rings is 1. The zero-order valence-electron chi connectivity index (χ0n) is 16.2. The van der Waals surface area contributed by atoms with E-state index in [2.05, 4.69) is 10.3 Å². The van der Waals surface area contributed by atoms with Crippen LogP contribution in [0.25, 0.3) is 5.65 Å². The smallest absolute Gasteiger partial charge is 0.270 e. The zero-order chi connectivity index (χ0) is 20.7. The molecule has 1 N–H and O–H groups in total. The molecule has 2 atom stereocenters. The summed E-state index contributed by atoms with van der Waals surface area (Å²) in [6, 6.07) is 14.9. The summed E-state index contributed by atoms with van der Waals surface area (Å²) in [7, 11) is 0. The number of fused-ring (bicyclic) bond motifs is 2. The number of hydrogen-bond acceptors (Lipinski definition) is 5. The lowest BCUT2D eigenvalue weighted by molar-refractivity contribution is -0.150. The molecule has 0 unspecified atom stereocenters. The standard InChI is InChI=1S/C22H20N4O4/c27-19-14-30-17-13-25(11-9-22(17,24-19)15-6-2-1-3-7-15)20(28)16-12-23-18-8-4-5-10-26(18)21(16)29/h1-8,10,12,17H,9,11,13-14H2,(H,24,27)/t17-,22+/m1/s1. The Hall–Kier alpha value is -3.52. The van der Waals surface area contributed by atoms with Crippen molar-refractivity contribution in [2.75, 3.05) is 19.7 Å². The van der Waals surface area contributed by atoms with Crippen LogP contribution in [-0.4, -0.2) is 51.9 Å². The number of pyridine rings is 1. The Morgan fingerprint density at radius 3 is 2.77 bits per heavy atom. The number of aromatic nitrogens is 2. The molecule has 8 heteroatoms. The van der Waals surface area contributed by atoms with E-state index in [4.69, 9.17) is 4.74 Å². The maximum Gasteiger partial charge on any atom is 0.270 e. The van der Waals surface area contributed by atoms with Crippen molar-refractivity contribution < 1.29 is 14.3 Å². The maximum atomic E-state index is 13.2. The number of benzene rings is 1. The predicted octanol–water partition coefficient (Wildman–Crippen LogP) is 0.951. The maximum absolute atomic E-state index is 13.2. The van der Waals surface area contributed by atoms with Gasteiger partial charge in [0, 0.05) is 25.5 Å². The van der Waals surface area contributed by atoms with Crippen LogP contribution in [0.1, 0.15) is 22.3 Å². The van der Waals surface area contributed by atoms with Gasteiger partial charge in [-0.2, -0.15) is 0 Å². The van der Waals surface area contributed by atoms with E-state index in [1.54, 1.807) is 29.3 Å². The van der Waals surface area contributed by atoms with Gasteiger partial charge in [0.2, 0.25) is 5.91 Å². The van der Waals surface area contributed by atoms with Gasteiger partial charge in [0.15, 0.2) is 0 Å². The van der Waals surface area contributed by atoms with Crippen LogP contribution in [0.2, 0.25) is 0 Å². The van der Waals surface area contributed by atoms with Crippen LogP contribution >= 0.6 is 0 Å². The monoisotopic (exact) mass is 404 g/mol. The first-order valence-electron chi connectivity index (χ1n) is 9.82. The van der Waals surface area contributed by atoms with E-state index in [0.29, 0.717) is 18.6 Å². The third kappa shape index (κ3) is 2.88. The largest absolute Gasteiger partial charge is 0.364 e. The number of carbonyl (C=O) groups excluding carboxylic acids is 2. The van der Waals surface area contributed by atoms with E-state index in [0.717, 1.165) is 5.56 Å². The fourth-order valence-corrected chi connectivity index (χ4v) is 4.38. The lowest BCUT2D eigenvalue weighted by atomic mass is 9.77. The highest BCUT2D eigenvalue weighted by Crippen LogP contribution is 2.37. The second-order valence-corrected chi connectivity index (χ2v) is 7.59. The zero-order valence-corrected chi connectivity index (χ0v) is 16.2. The second-order valence-electron chi connectivity index (χ2n) is 7.59. The number of rotatable bonds is 2. The molecule has 1 aromatic carbocycles. The average Bonchev–Trinajstić information content (AvgIpc) is 2.79. The van der Waals surface area contributed by atoms with Crippen molar-refractivity contribution in [2.45, 2.75) is 18.1 Å². The Labute approximate surface area is 172 Å². The van der Waals surface area contributed by atoms with Gasteiger partial charge in [0.05, 0.1) is 5.54 Å². The highest BCUT2D eigenvalue weighted by Gasteiger charge is 2.50. The van der Waals surface area contributed by atoms with Crippen molar-refractivity contribution >= 4 is 17.5 Å². The van der Waals surface area contributed by atoms with E-state index >= 15 is 0 Å². The first kappa shape index (κ1) is 18.5. The molecule has 0 saturated carbocycles. The van der Waals surface area contributed by atoms with Gasteiger partial charge in [0.25, 0.3) is 11.5 Å². The summed E-state index contributed by atoms with van der Waals surface area (Å²) in [5.41, 5.74) is 0.361. The molecule has 2 aliphatic heterocycles. The Balaban J connectivity index is 1.46. The Morgan fingerprint density at radius 1 is 1.13 bits per heavy atom. The van der Waals surface area contributed by atoms with Crippen molar-refractivity contribution in [2.24, 2.45) is 0 Å². The van der Waals surface area contributed by atoms with Gasteiger partial charge in [-0.1, -0.05) is 36.4 Å². The van der Waals surface area contributed by atoms with Crippen molar-refractivity contribution in [3.8, 4) is 0 Å². The number of likely N-dealkylation sites (tertiary alicyclic amines) is 1. The summed E-state index contributed by atoms with van der Waals surface area (Å²) >= 11 is 0. The number of carbonyl (C=O) groups is 2. The third-order valence-corrected chi connectivity index (χ3v) is 5.91. The molecule has 152 valence electrons. The molecule has 2 fully saturated rings. The normalized spacial score (nSPS) is 23.7. The van der Waals surface area contributed by atoms with Crippen molar-refractivity contribution in [1.82, 2.24) is 19.6 Å². The minimum Gasteiger partial charge on any atom is -0.364 e. The van der Waals surface area contributed by atoms with Crippen molar-refractivity contribution in [1.29, 1.82) is 0 Å². The van der Waals surface area contributed by atoms with Crippen LogP contribution in [0.5, 0.6) is 0 Å². The fourth-order valence-electron chi connectivity index (χ4n) is 4.38. The molecule has 2 saturated heterocycles. The summed E-state index contributed by atoms with van der Waals surface area (Å²) in [5, 5.41) is 3.10. The second kappa shape index (κ2) is 7.07. The number of hydrogen-bond donors (Lipinski definition) is 1. The van der Waals surface area contributed by atoms with Gasteiger partial charge in [-0.15, -0.1) is 0 Å². The van der Waals surface area contributed by atoms with Crippen LogP contribution in [0, 0.1) is 0 Å². The topological polar surface area (TPSA) is 93.0 Å². The molecule has 30 heavy (non-hydrogen) atoms. The molecule has 0 aliphatic carbocycles. The number of ether oxygens (including phenoxy) is 1. The molecule has 8 nitrogen and oxygen atoms in total. The first-order chi connectivity index (χ1) is 14.6. The Kier molecular flexibility index (Phi) is 4.36. The molecule has 4 heterocycles. The Morgan fingerprint density at radius 2 is 1.93 bits per heavy atom. The van der Waals surface area contributed by atoms with E-state index < -0.39 is 17.2 Å². The molecule has 3 aromatic rings. The fraction of sp³-hybridized carbons (Fsp3) is 0.273. The van der Waals surface area contributed by atoms with Crippen molar-refractivity contribution in [3.63, 3.8) is 0 Å². The number of morpholine rings is 1. The first-order valence-corrected chi connectivity index (χ1v) is 9.82. The SMILES string of the molecule is O=C1CO[C@@H]2CN(C(=O)c3cnc4ccccn4c3=O)CC[C@@]2(c2ccccc2)N1. The highest BCUT2D eigenvalue weighted by atomic mass is 16.5. The van der Waals surface area contributed by atoms with E-state index in [1.165, 1.54) is 10.6 Å². The van der Waals surface area contributed by atoms with Gasteiger partial charge in [-0.3, -0.25) is 18.8 Å². The molecular formula is C22H20N4O4. The summed E-state index contributed by atoms with van der Waals surface area (Å²) in [5.74, 6) is -0.556. The third-order valence-electron chi connectivity index (χ3n) is 5.91. The summed E-state index contributed by atoms with van der Waals surface area (Å²) < 4.78 is 7.23. The van der Waals surface area contributed by atoms with Gasteiger partial charge in [-0.25, -0.2) is 4.98 Å². The van der Waals surface area contributed by atoms with E-state index in [9.17, 15) is 14.4 Å². The average molecular weight is 404 g/mol. The lowest BCUT2D eigenvalue weighted by Gasteiger charge is -2.50. The molecule has 0 spiro atoms. The summed E-state index contributed by atoms with van der Waals surface area (Å²) in [4.78, 5) is 44.0. The highest BCUT2D eigenvalue weighted by molar-refractivity contribution is 5.94. The summed E-state index contributed by atoms with van der Waals surface area (Å²) in [6.45, 7) is 0.594. The van der Waals surface area contributed by atoms with Gasteiger partial charge >= 0.3 is 0 Å². The number of nitrogens with zero attached hydrogens (tertiary/aromatic N) is 3.